The summed E-state index contributed by atoms with van der Waals surface area (Å²) in [6, 6.07) is 0. The minimum Gasteiger partial charge on any atom is -0.465 e. The number of esters is 1. The maximum absolute atomic E-state index is 11.1. The summed E-state index contributed by atoms with van der Waals surface area (Å²) in [4.78, 5) is 11.1. The van der Waals surface area contributed by atoms with Crippen LogP contribution in [0.3, 0.4) is 0 Å². The fourth-order valence-corrected chi connectivity index (χ4v) is 2.13. The highest BCUT2D eigenvalue weighted by molar-refractivity contribution is 7.98. The molecule has 1 heterocycles. The molecule has 0 saturated heterocycles. The van der Waals surface area contributed by atoms with E-state index < -0.39 is 5.97 Å². The van der Waals surface area contributed by atoms with Crippen LogP contribution in [0.2, 0.25) is 0 Å². The first kappa shape index (κ1) is 9.34. The molecule has 0 aliphatic carbocycles. The summed E-state index contributed by atoms with van der Waals surface area (Å²) >= 11 is 2.48. The van der Waals surface area contributed by atoms with Crippen LogP contribution in [-0.4, -0.2) is 23.7 Å². The average Bonchev–Trinajstić information content (AvgIpc) is 2.45. The van der Waals surface area contributed by atoms with Gasteiger partial charge >= 0.3 is 5.97 Å². The van der Waals surface area contributed by atoms with Gasteiger partial charge in [-0.2, -0.15) is 4.37 Å². The SMILES string of the molecule is COC(=O)c1c(SC)nsc1N. The molecule has 0 radical (unpaired) electrons. The number of ether oxygens (including phenoxy) is 1. The van der Waals surface area contributed by atoms with Crippen molar-refractivity contribution in [2.24, 2.45) is 0 Å². The number of carbonyl (C=O) groups excluding carboxylic acids is 1. The Kier molecular flexibility index (Phi) is 2.93. The first-order chi connectivity index (χ1) is 5.70. The van der Waals surface area contributed by atoms with Crippen molar-refractivity contribution in [1.29, 1.82) is 0 Å². The van der Waals surface area contributed by atoms with Gasteiger partial charge in [0.1, 0.15) is 15.6 Å². The van der Waals surface area contributed by atoms with E-state index in [1.54, 1.807) is 0 Å². The Hall–Kier alpha value is -0.750. The Labute approximate surface area is 78.3 Å². The fraction of sp³-hybridized carbons (Fsp3) is 0.333. The zero-order chi connectivity index (χ0) is 9.14. The van der Waals surface area contributed by atoms with Crippen molar-refractivity contribution in [1.82, 2.24) is 4.37 Å². The molecule has 0 aromatic carbocycles. The number of thioether (sulfide) groups is 1. The molecule has 0 unspecified atom stereocenters. The van der Waals surface area contributed by atoms with Gasteiger partial charge in [-0.1, -0.05) is 0 Å². The van der Waals surface area contributed by atoms with Crippen molar-refractivity contribution in [3.8, 4) is 0 Å². The lowest BCUT2D eigenvalue weighted by Crippen LogP contribution is -2.03. The monoisotopic (exact) mass is 204 g/mol. The van der Waals surface area contributed by atoms with Crippen LogP contribution in [0, 0.1) is 0 Å². The smallest absolute Gasteiger partial charge is 0.343 e. The first-order valence-electron chi connectivity index (χ1n) is 3.08. The van der Waals surface area contributed by atoms with E-state index in [-0.39, 0.29) is 0 Å². The number of methoxy groups -OCH3 is 1. The molecule has 0 atom stereocenters. The van der Waals surface area contributed by atoms with Gasteiger partial charge < -0.3 is 10.5 Å². The number of carbonyl (C=O) groups is 1. The number of aromatic nitrogens is 1. The van der Waals surface area contributed by atoms with Crippen LogP contribution in [-0.2, 0) is 4.74 Å². The molecule has 0 aliphatic heterocycles. The van der Waals surface area contributed by atoms with Gasteiger partial charge in [0.05, 0.1) is 7.11 Å². The predicted molar refractivity (Wildman–Crippen MR) is 49.6 cm³/mol. The quantitative estimate of drug-likeness (QED) is 0.580. The van der Waals surface area contributed by atoms with E-state index in [4.69, 9.17) is 5.73 Å². The molecular weight excluding hydrogens is 196 g/mol. The lowest BCUT2D eigenvalue weighted by atomic mass is 10.3. The molecule has 0 fully saturated rings. The molecule has 0 aliphatic rings. The number of rotatable bonds is 2. The normalized spacial score (nSPS) is 9.83. The number of nitrogens with zero attached hydrogens (tertiary/aromatic N) is 1. The third-order valence-electron chi connectivity index (χ3n) is 1.27. The summed E-state index contributed by atoms with van der Waals surface area (Å²) in [6.45, 7) is 0. The molecular formula is C6H8N2O2S2. The van der Waals surface area contributed by atoms with E-state index in [0.717, 1.165) is 11.5 Å². The van der Waals surface area contributed by atoms with Gasteiger partial charge in [-0.25, -0.2) is 4.79 Å². The van der Waals surface area contributed by atoms with Crippen LogP contribution in [0.15, 0.2) is 5.03 Å². The second-order valence-corrected chi connectivity index (χ2v) is 3.52. The van der Waals surface area contributed by atoms with E-state index in [9.17, 15) is 4.79 Å². The van der Waals surface area contributed by atoms with E-state index in [1.165, 1.54) is 18.9 Å². The van der Waals surface area contributed by atoms with Gasteiger partial charge in [-0.15, -0.1) is 11.8 Å². The zero-order valence-corrected chi connectivity index (χ0v) is 8.29. The van der Waals surface area contributed by atoms with Crippen molar-refractivity contribution in [3.63, 3.8) is 0 Å². The highest BCUT2D eigenvalue weighted by Gasteiger charge is 2.18. The fourth-order valence-electron chi connectivity index (χ4n) is 0.717. The van der Waals surface area contributed by atoms with Gasteiger partial charge in [-0.05, 0) is 17.8 Å². The van der Waals surface area contributed by atoms with Crippen LogP contribution in [0.25, 0.3) is 0 Å². The third kappa shape index (κ3) is 1.54. The Balaban J connectivity index is 3.10. The molecule has 1 rings (SSSR count). The van der Waals surface area contributed by atoms with Crippen molar-refractivity contribution >= 4 is 34.3 Å². The molecule has 0 bridgehead atoms. The van der Waals surface area contributed by atoms with E-state index in [2.05, 4.69) is 9.11 Å². The van der Waals surface area contributed by atoms with E-state index >= 15 is 0 Å². The highest BCUT2D eigenvalue weighted by Crippen LogP contribution is 2.28. The third-order valence-corrected chi connectivity index (χ3v) is 2.74. The standard InChI is InChI=1S/C6H8N2O2S2/c1-10-6(9)3-4(7)12-8-5(3)11-2/h7H2,1-2H3. The number of hydrogen-bond acceptors (Lipinski definition) is 6. The largest absolute Gasteiger partial charge is 0.465 e. The van der Waals surface area contributed by atoms with E-state index in [0.29, 0.717) is 15.6 Å². The van der Waals surface area contributed by atoms with Crippen LogP contribution >= 0.6 is 23.3 Å². The minimum absolute atomic E-state index is 0.384. The van der Waals surface area contributed by atoms with Gasteiger partial charge in [0, 0.05) is 0 Å². The maximum atomic E-state index is 11.1. The van der Waals surface area contributed by atoms with Gasteiger partial charge in [-0.3, -0.25) is 0 Å². The van der Waals surface area contributed by atoms with Gasteiger partial charge in [0.15, 0.2) is 0 Å². The predicted octanol–water partition coefficient (Wildman–Crippen LogP) is 1.23. The summed E-state index contributed by atoms with van der Waals surface area (Å²) < 4.78 is 8.53. The maximum Gasteiger partial charge on any atom is 0.343 e. The average molecular weight is 204 g/mol. The highest BCUT2D eigenvalue weighted by atomic mass is 32.2. The topological polar surface area (TPSA) is 65.2 Å². The molecule has 66 valence electrons. The van der Waals surface area contributed by atoms with Crippen LogP contribution < -0.4 is 5.73 Å². The Morgan fingerprint density at radius 3 is 2.92 bits per heavy atom. The van der Waals surface area contributed by atoms with E-state index in [1.807, 2.05) is 6.26 Å². The van der Waals surface area contributed by atoms with Crippen LogP contribution in [0.1, 0.15) is 10.4 Å². The van der Waals surface area contributed by atoms with Crippen LogP contribution in [0.4, 0.5) is 5.00 Å². The van der Waals surface area contributed by atoms with Crippen LogP contribution in [0.5, 0.6) is 0 Å². The molecule has 1 aromatic rings. The second kappa shape index (κ2) is 3.77. The number of nitrogens with two attached hydrogens (primary N) is 1. The Bertz CT molecular complexity index is 298. The van der Waals surface area contributed by atoms with Crippen molar-refractivity contribution in [3.05, 3.63) is 5.56 Å². The molecule has 4 nitrogen and oxygen atoms in total. The summed E-state index contributed by atoms with van der Waals surface area (Å²) in [5, 5.41) is 1.04. The minimum atomic E-state index is -0.425. The molecule has 1 aromatic heterocycles. The number of anilines is 1. The summed E-state index contributed by atoms with van der Waals surface area (Å²) in [5.41, 5.74) is 5.92. The summed E-state index contributed by atoms with van der Waals surface area (Å²) in [6.07, 6.45) is 1.83. The lowest BCUT2D eigenvalue weighted by Gasteiger charge is -1.97. The van der Waals surface area contributed by atoms with Gasteiger partial charge in [0.2, 0.25) is 0 Å². The van der Waals surface area contributed by atoms with Gasteiger partial charge in [0.25, 0.3) is 0 Å². The van der Waals surface area contributed by atoms with Crippen molar-refractivity contribution < 1.29 is 9.53 Å². The molecule has 0 spiro atoms. The van der Waals surface area contributed by atoms with Crippen molar-refractivity contribution in [2.45, 2.75) is 5.03 Å². The van der Waals surface area contributed by atoms with Crippen molar-refractivity contribution in [2.75, 3.05) is 19.1 Å². The number of nitrogen functional groups attached to an aromatic ring is 1. The molecule has 2 N–H and O–H groups in total. The molecule has 6 heteroatoms. The first-order valence-corrected chi connectivity index (χ1v) is 5.08. The molecule has 12 heavy (non-hydrogen) atoms. The summed E-state index contributed by atoms with van der Waals surface area (Å²) in [5.74, 6) is -0.425. The molecule has 0 amide bonds. The second-order valence-electron chi connectivity index (χ2n) is 1.92. The molecule has 0 saturated carbocycles. The Morgan fingerprint density at radius 1 is 1.75 bits per heavy atom. The zero-order valence-electron chi connectivity index (χ0n) is 6.66. The number of hydrogen-bond donors (Lipinski definition) is 1. The lowest BCUT2D eigenvalue weighted by molar-refractivity contribution is 0.0598. The summed E-state index contributed by atoms with van der Waals surface area (Å²) in [7, 11) is 1.32. The Morgan fingerprint density at radius 2 is 2.42 bits per heavy atom.